The Labute approximate surface area is 125 Å². The van der Waals surface area contributed by atoms with Crippen LogP contribution in [0.3, 0.4) is 0 Å². The molecule has 0 N–H and O–H groups in total. The van der Waals surface area contributed by atoms with E-state index < -0.39 is 0 Å². The summed E-state index contributed by atoms with van der Waals surface area (Å²) < 4.78 is 4.55. The molecule has 0 saturated heterocycles. The lowest BCUT2D eigenvalue weighted by Gasteiger charge is -2.14. The highest BCUT2D eigenvalue weighted by molar-refractivity contribution is 5.37. The van der Waals surface area contributed by atoms with E-state index in [2.05, 4.69) is 4.74 Å². The second-order valence-corrected chi connectivity index (χ2v) is 5.12. The molecular weight excluding hydrogens is 268 g/mol. The molecule has 112 valence electrons. The van der Waals surface area contributed by atoms with Crippen molar-refractivity contribution in [2.24, 2.45) is 0 Å². The van der Waals surface area contributed by atoms with Crippen molar-refractivity contribution in [2.75, 3.05) is 0 Å². The van der Waals surface area contributed by atoms with Crippen LogP contribution in [0.5, 0.6) is 11.5 Å². The van der Waals surface area contributed by atoms with Gasteiger partial charge in [-0.2, -0.15) is 0 Å². The smallest absolute Gasteiger partial charge is 0.293 e. The largest absolute Gasteiger partial charge is 0.462 e. The van der Waals surface area contributed by atoms with Crippen LogP contribution in [-0.4, -0.2) is 12.1 Å². The van der Waals surface area contributed by atoms with Gasteiger partial charge in [0.1, 0.15) is 5.60 Å². The van der Waals surface area contributed by atoms with Gasteiger partial charge in [0.25, 0.3) is 6.47 Å². The van der Waals surface area contributed by atoms with Crippen LogP contribution in [0.4, 0.5) is 0 Å². The van der Waals surface area contributed by atoms with E-state index in [9.17, 15) is 4.79 Å². The molecule has 0 bridgehead atoms. The van der Waals surface area contributed by atoms with Gasteiger partial charge in [0.15, 0.2) is 11.5 Å². The molecule has 0 aliphatic carbocycles. The number of hydrogen-bond donors (Lipinski definition) is 0. The molecule has 0 spiro atoms. The number of rotatable bonds is 4. The van der Waals surface area contributed by atoms with Gasteiger partial charge in [0, 0.05) is 0 Å². The Bertz CT molecular complexity index is 464. The van der Waals surface area contributed by atoms with Gasteiger partial charge < -0.3 is 4.74 Å². The fourth-order valence-corrected chi connectivity index (χ4v) is 1.19. The second kappa shape index (κ2) is 8.64. The Morgan fingerprint density at radius 1 is 0.762 bits per heavy atom. The van der Waals surface area contributed by atoms with Gasteiger partial charge in [0.05, 0.1) is 0 Å². The molecular formula is C17H20O4. The van der Waals surface area contributed by atoms with Crippen molar-refractivity contribution in [1.29, 1.82) is 0 Å². The quantitative estimate of drug-likeness (QED) is 0.484. The van der Waals surface area contributed by atoms with Crippen molar-refractivity contribution in [3.8, 4) is 11.5 Å². The standard InChI is InChI=1S/C12H10O2.C5H10O2/c1-3-7-11(8-4-1)13-14-12-9-5-2-6-10-12;1-5(2,3)7-4-6/h1-10H;4H,1-3H3. The maximum absolute atomic E-state index is 9.60. The van der Waals surface area contributed by atoms with Crippen LogP contribution in [0.15, 0.2) is 60.7 Å². The molecule has 0 aromatic heterocycles. The molecule has 0 atom stereocenters. The summed E-state index contributed by atoms with van der Waals surface area (Å²) in [5, 5.41) is 0. The minimum absolute atomic E-state index is 0.318. The molecule has 2 aromatic rings. The normalized spacial score (nSPS) is 9.86. The van der Waals surface area contributed by atoms with E-state index in [-0.39, 0.29) is 5.60 Å². The Kier molecular flexibility index (Phi) is 6.81. The zero-order valence-corrected chi connectivity index (χ0v) is 12.5. The van der Waals surface area contributed by atoms with Crippen LogP contribution in [0.25, 0.3) is 0 Å². The molecule has 0 radical (unpaired) electrons. The molecule has 2 aromatic carbocycles. The van der Waals surface area contributed by atoms with Crippen molar-refractivity contribution in [3.05, 3.63) is 60.7 Å². The molecule has 0 saturated carbocycles. The van der Waals surface area contributed by atoms with Crippen LogP contribution in [0, 0.1) is 0 Å². The van der Waals surface area contributed by atoms with E-state index in [0.29, 0.717) is 18.0 Å². The fourth-order valence-electron chi connectivity index (χ4n) is 1.19. The maximum atomic E-state index is 9.60. The molecule has 0 amide bonds. The van der Waals surface area contributed by atoms with E-state index in [1.165, 1.54) is 0 Å². The summed E-state index contributed by atoms with van der Waals surface area (Å²) in [7, 11) is 0. The number of benzene rings is 2. The molecule has 21 heavy (non-hydrogen) atoms. The van der Waals surface area contributed by atoms with Crippen molar-refractivity contribution in [1.82, 2.24) is 0 Å². The SMILES string of the molecule is CC(C)(C)OC=O.c1ccc(OOc2ccccc2)cc1. The van der Waals surface area contributed by atoms with Crippen molar-refractivity contribution in [2.45, 2.75) is 26.4 Å². The Hall–Kier alpha value is -2.49. The van der Waals surface area contributed by atoms with Crippen LogP contribution >= 0.6 is 0 Å². The number of ether oxygens (including phenoxy) is 1. The molecule has 0 aliphatic heterocycles. The summed E-state index contributed by atoms with van der Waals surface area (Å²) in [5.74, 6) is 1.38. The predicted molar refractivity (Wildman–Crippen MR) is 81.0 cm³/mol. The van der Waals surface area contributed by atoms with E-state index in [4.69, 9.17) is 9.78 Å². The molecule has 0 unspecified atom stereocenters. The number of carbonyl (C=O) groups is 1. The van der Waals surface area contributed by atoms with Crippen molar-refractivity contribution >= 4 is 6.47 Å². The first-order valence-electron chi connectivity index (χ1n) is 6.57. The first-order chi connectivity index (χ1) is 10.0. The zero-order valence-electron chi connectivity index (χ0n) is 12.5. The van der Waals surface area contributed by atoms with Gasteiger partial charge in [0.2, 0.25) is 0 Å². The highest BCUT2D eigenvalue weighted by atomic mass is 17.2. The lowest BCUT2D eigenvalue weighted by atomic mass is 10.2. The summed E-state index contributed by atoms with van der Waals surface area (Å²) in [4.78, 5) is 19.8. The van der Waals surface area contributed by atoms with Crippen LogP contribution < -0.4 is 9.78 Å². The van der Waals surface area contributed by atoms with Crippen LogP contribution in [-0.2, 0) is 9.53 Å². The summed E-state index contributed by atoms with van der Waals surface area (Å²) in [5.41, 5.74) is -0.318. The topological polar surface area (TPSA) is 44.8 Å². The van der Waals surface area contributed by atoms with Gasteiger partial charge >= 0.3 is 0 Å². The van der Waals surface area contributed by atoms with E-state index in [1.54, 1.807) is 0 Å². The monoisotopic (exact) mass is 288 g/mol. The van der Waals surface area contributed by atoms with E-state index in [0.717, 1.165) is 0 Å². The first kappa shape index (κ1) is 16.6. The molecule has 2 rings (SSSR count). The highest BCUT2D eigenvalue weighted by Gasteiger charge is 2.07. The van der Waals surface area contributed by atoms with Gasteiger partial charge in [-0.1, -0.05) is 36.4 Å². The average molecular weight is 288 g/mol. The summed E-state index contributed by atoms with van der Waals surface area (Å²) in [6.45, 7) is 5.92. The highest BCUT2D eigenvalue weighted by Crippen LogP contribution is 2.13. The molecule has 0 aliphatic rings. The lowest BCUT2D eigenvalue weighted by molar-refractivity contribution is -0.138. The Balaban J connectivity index is 0.000000270. The van der Waals surface area contributed by atoms with E-state index in [1.807, 2.05) is 81.4 Å². The van der Waals surface area contributed by atoms with Crippen LogP contribution in [0.1, 0.15) is 20.8 Å². The van der Waals surface area contributed by atoms with E-state index >= 15 is 0 Å². The van der Waals surface area contributed by atoms with Gasteiger partial charge in [-0.3, -0.25) is 14.6 Å². The fraction of sp³-hybridized carbons (Fsp3) is 0.235. The molecule has 0 fully saturated rings. The third-order valence-electron chi connectivity index (χ3n) is 2.12. The molecule has 0 heterocycles. The number of carbonyl (C=O) groups excluding carboxylic acids is 1. The predicted octanol–water partition coefficient (Wildman–Crippen LogP) is 4.02. The Morgan fingerprint density at radius 2 is 1.14 bits per heavy atom. The molecule has 4 nitrogen and oxygen atoms in total. The third kappa shape index (κ3) is 8.31. The van der Waals surface area contributed by atoms with Crippen molar-refractivity contribution in [3.63, 3.8) is 0 Å². The summed E-state index contributed by atoms with van der Waals surface area (Å²) >= 11 is 0. The van der Waals surface area contributed by atoms with Gasteiger partial charge in [-0.25, -0.2) is 0 Å². The second-order valence-electron chi connectivity index (χ2n) is 5.12. The van der Waals surface area contributed by atoms with Crippen molar-refractivity contribution < 1.29 is 19.3 Å². The Morgan fingerprint density at radius 3 is 1.38 bits per heavy atom. The average Bonchev–Trinajstić information content (AvgIpc) is 2.47. The first-order valence-corrected chi connectivity index (χ1v) is 6.57. The number of hydrogen-bond acceptors (Lipinski definition) is 4. The lowest BCUT2D eigenvalue weighted by Crippen LogP contribution is -2.17. The van der Waals surface area contributed by atoms with Gasteiger partial charge in [-0.05, 0) is 45.0 Å². The molecule has 4 heteroatoms. The van der Waals surface area contributed by atoms with Crippen LogP contribution in [0.2, 0.25) is 0 Å². The number of para-hydroxylation sites is 2. The minimum atomic E-state index is -0.318. The third-order valence-corrected chi connectivity index (χ3v) is 2.12. The zero-order chi connectivity index (χ0) is 15.6. The minimum Gasteiger partial charge on any atom is -0.462 e. The maximum Gasteiger partial charge on any atom is 0.293 e. The summed E-state index contributed by atoms with van der Waals surface area (Å²) in [6.07, 6.45) is 0. The summed E-state index contributed by atoms with van der Waals surface area (Å²) in [6, 6.07) is 18.8. The van der Waals surface area contributed by atoms with Gasteiger partial charge in [-0.15, -0.1) is 0 Å².